The number of H-pyrrole nitrogens is 1. The lowest BCUT2D eigenvalue weighted by atomic mass is 10.1. The summed E-state index contributed by atoms with van der Waals surface area (Å²) in [6.07, 6.45) is 0. The fraction of sp³-hybridized carbons (Fsp3) is 0.250. The molecule has 0 saturated carbocycles. The van der Waals surface area contributed by atoms with Crippen LogP contribution < -0.4 is 5.32 Å². The van der Waals surface area contributed by atoms with Crippen LogP contribution in [0, 0.1) is 12.7 Å². The molecule has 4 heteroatoms. The maximum Gasteiger partial charge on any atom is 0.132 e. The van der Waals surface area contributed by atoms with Crippen molar-refractivity contribution in [1.29, 1.82) is 0 Å². The third-order valence-electron chi connectivity index (χ3n) is 2.41. The Bertz CT molecular complexity index is 491. The summed E-state index contributed by atoms with van der Waals surface area (Å²) in [4.78, 5) is 7.50. The van der Waals surface area contributed by atoms with E-state index in [1.165, 1.54) is 6.07 Å². The molecular weight excluding hydrogens is 205 g/mol. The lowest BCUT2D eigenvalue weighted by Crippen LogP contribution is -2.06. The van der Waals surface area contributed by atoms with Crippen molar-refractivity contribution in [1.82, 2.24) is 15.3 Å². The number of nitrogens with zero attached hydrogens (tertiary/aromatic N) is 1. The van der Waals surface area contributed by atoms with Crippen molar-refractivity contribution in [2.75, 3.05) is 7.05 Å². The van der Waals surface area contributed by atoms with Gasteiger partial charge < -0.3 is 10.3 Å². The summed E-state index contributed by atoms with van der Waals surface area (Å²) in [5, 5.41) is 3.00. The molecule has 0 radical (unpaired) electrons. The molecule has 16 heavy (non-hydrogen) atoms. The zero-order valence-corrected chi connectivity index (χ0v) is 9.34. The van der Waals surface area contributed by atoms with E-state index in [1.54, 1.807) is 12.1 Å². The first kappa shape index (κ1) is 10.8. The molecule has 0 saturated heterocycles. The van der Waals surface area contributed by atoms with Crippen LogP contribution in [0.2, 0.25) is 0 Å². The average molecular weight is 219 g/mol. The molecule has 0 spiro atoms. The first-order valence-electron chi connectivity index (χ1n) is 5.17. The van der Waals surface area contributed by atoms with Crippen LogP contribution >= 0.6 is 0 Å². The van der Waals surface area contributed by atoms with Crippen molar-refractivity contribution in [3.05, 3.63) is 41.6 Å². The maximum atomic E-state index is 13.6. The second-order valence-electron chi connectivity index (χ2n) is 3.67. The topological polar surface area (TPSA) is 40.7 Å². The van der Waals surface area contributed by atoms with Gasteiger partial charge in [-0.2, -0.15) is 0 Å². The van der Waals surface area contributed by atoms with Gasteiger partial charge in [0.15, 0.2) is 0 Å². The molecule has 0 aliphatic rings. The Labute approximate surface area is 93.7 Å². The van der Waals surface area contributed by atoms with Gasteiger partial charge in [0, 0.05) is 11.3 Å². The molecule has 0 unspecified atom stereocenters. The number of hydrogen-bond donors (Lipinski definition) is 2. The van der Waals surface area contributed by atoms with Crippen molar-refractivity contribution < 1.29 is 4.39 Å². The second-order valence-corrected chi connectivity index (χ2v) is 3.67. The standard InChI is InChI=1S/C12H14FN3/c1-8-12(16-11(15-8)7-14-2)9-5-3-4-6-10(9)13/h3-6,14H,7H2,1-2H3,(H,15,16). The maximum absolute atomic E-state index is 13.6. The fourth-order valence-electron chi connectivity index (χ4n) is 1.69. The summed E-state index contributed by atoms with van der Waals surface area (Å²) in [5.74, 6) is 0.575. The SMILES string of the molecule is CNCc1nc(-c2ccccc2F)c(C)[nH]1. The molecule has 0 aliphatic heterocycles. The Kier molecular flexibility index (Phi) is 3.01. The predicted octanol–water partition coefficient (Wildman–Crippen LogP) is 2.24. The molecule has 84 valence electrons. The minimum atomic E-state index is -0.242. The van der Waals surface area contributed by atoms with Gasteiger partial charge in [0.1, 0.15) is 11.6 Å². The third-order valence-corrected chi connectivity index (χ3v) is 2.41. The zero-order valence-electron chi connectivity index (χ0n) is 9.34. The predicted molar refractivity (Wildman–Crippen MR) is 61.5 cm³/mol. The van der Waals surface area contributed by atoms with E-state index in [2.05, 4.69) is 15.3 Å². The van der Waals surface area contributed by atoms with Gasteiger partial charge in [-0.15, -0.1) is 0 Å². The van der Waals surface area contributed by atoms with Crippen molar-refractivity contribution >= 4 is 0 Å². The number of aryl methyl sites for hydroxylation is 1. The number of aromatic nitrogens is 2. The van der Waals surface area contributed by atoms with E-state index in [1.807, 2.05) is 20.0 Å². The highest BCUT2D eigenvalue weighted by atomic mass is 19.1. The summed E-state index contributed by atoms with van der Waals surface area (Å²) in [7, 11) is 1.85. The summed E-state index contributed by atoms with van der Waals surface area (Å²) >= 11 is 0. The summed E-state index contributed by atoms with van der Waals surface area (Å²) in [6.45, 7) is 2.54. The number of rotatable bonds is 3. The van der Waals surface area contributed by atoms with E-state index < -0.39 is 0 Å². The van der Waals surface area contributed by atoms with Crippen molar-refractivity contribution in [2.45, 2.75) is 13.5 Å². The molecule has 0 amide bonds. The molecule has 0 fully saturated rings. The molecular formula is C12H14FN3. The van der Waals surface area contributed by atoms with E-state index in [9.17, 15) is 4.39 Å². The Balaban J connectivity index is 2.44. The van der Waals surface area contributed by atoms with Crippen LogP contribution in [0.1, 0.15) is 11.5 Å². The zero-order chi connectivity index (χ0) is 11.5. The average Bonchev–Trinajstić information content (AvgIpc) is 2.61. The number of benzene rings is 1. The van der Waals surface area contributed by atoms with Gasteiger partial charge in [0.25, 0.3) is 0 Å². The fourth-order valence-corrected chi connectivity index (χ4v) is 1.69. The molecule has 2 aromatic rings. The minimum Gasteiger partial charge on any atom is -0.344 e. The summed E-state index contributed by atoms with van der Waals surface area (Å²) in [5.41, 5.74) is 2.11. The van der Waals surface area contributed by atoms with Crippen molar-refractivity contribution in [2.24, 2.45) is 0 Å². The molecule has 0 atom stereocenters. The first-order valence-corrected chi connectivity index (χ1v) is 5.17. The van der Waals surface area contributed by atoms with Crippen LogP contribution in [0.4, 0.5) is 4.39 Å². The lowest BCUT2D eigenvalue weighted by Gasteiger charge is -1.99. The molecule has 2 N–H and O–H groups in total. The Hall–Kier alpha value is -1.68. The third kappa shape index (κ3) is 1.97. The van der Waals surface area contributed by atoms with E-state index in [0.717, 1.165) is 11.5 Å². The molecule has 1 aromatic carbocycles. The molecule has 0 aliphatic carbocycles. The van der Waals surface area contributed by atoms with Crippen LogP contribution in [0.15, 0.2) is 24.3 Å². The molecule has 0 bridgehead atoms. The number of hydrogen-bond acceptors (Lipinski definition) is 2. The van der Waals surface area contributed by atoms with E-state index in [0.29, 0.717) is 17.8 Å². The van der Waals surface area contributed by atoms with Crippen LogP contribution in [0.3, 0.4) is 0 Å². The number of halogens is 1. The van der Waals surface area contributed by atoms with E-state index >= 15 is 0 Å². The Morgan fingerprint density at radius 2 is 2.12 bits per heavy atom. The van der Waals surface area contributed by atoms with Crippen LogP contribution in [-0.4, -0.2) is 17.0 Å². The van der Waals surface area contributed by atoms with Gasteiger partial charge in [-0.05, 0) is 26.1 Å². The molecule has 3 nitrogen and oxygen atoms in total. The smallest absolute Gasteiger partial charge is 0.132 e. The normalized spacial score (nSPS) is 10.7. The van der Waals surface area contributed by atoms with Gasteiger partial charge in [-0.3, -0.25) is 0 Å². The highest BCUT2D eigenvalue weighted by Crippen LogP contribution is 2.23. The first-order chi connectivity index (χ1) is 7.72. The largest absolute Gasteiger partial charge is 0.344 e. The van der Waals surface area contributed by atoms with Crippen LogP contribution in [-0.2, 0) is 6.54 Å². The van der Waals surface area contributed by atoms with Gasteiger partial charge >= 0.3 is 0 Å². The lowest BCUT2D eigenvalue weighted by molar-refractivity contribution is 0.630. The van der Waals surface area contributed by atoms with Crippen LogP contribution in [0.25, 0.3) is 11.3 Å². The molecule has 1 aromatic heterocycles. The van der Waals surface area contributed by atoms with Gasteiger partial charge in [-0.1, -0.05) is 12.1 Å². The number of nitrogens with one attached hydrogen (secondary N) is 2. The Morgan fingerprint density at radius 3 is 2.81 bits per heavy atom. The highest BCUT2D eigenvalue weighted by Gasteiger charge is 2.11. The number of aromatic amines is 1. The van der Waals surface area contributed by atoms with Crippen molar-refractivity contribution in [3.8, 4) is 11.3 Å². The molecule has 1 heterocycles. The highest BCUT2D eigenvalue weighted by molar-refractivity contribution is 5.62. The van der Waals surface area contributed by atoms with E-state index in [-0.39, 0.29) is 5.82 Å². The van der Waals surface area contributed by atoms with Gasteiger partial charge in [0.05, 0.1) is 12.2 Å². The summed E-state index contributed by atoms with van der Waals surface area (Å²) < 4.78 is 13.6. The summed E-state index contributed by atoms with van der Waals surface area (Å²) in [6, 6.07) is 6.67. The van der Waals surface area contributed by atoms with Crippen LogP contribution in [0.5, 0.6) is 0 Å². The van der Waals surface area contributed by atoms with Crippen molar-refractivity contribution in [3.63, 3.8) is 0 Å². The number of imidazole rings is 1. The van der Waals surface area contributed by atoms with E-state index in [4.69, 9.17) is 0 Å². The molecule has 2 rings (SSSR count). The quantitative estimate of drug-likeness (QED) is 0.831. The van der Waals surface area contributed by atoms with Gasteiger partial charge in [0.2, 0.25) is 0 Å². The second kappa shape index (κ2) is 4.45. The monoisotopic (exact) mass is 219 g/mol. The Morgan fingerprint density at radius 1 is 1.38 bits per heavy atom. The minimum absolute atomic E-state index is 0.242. The van der Waals surface area contributed by atoms with Gasteiger partial charge in [-0.25, -0.2) is 9.37 Å².